The maximum atomic E-state index is 15.6. The van der Waals surface area contributed by atoms with Crippen molar-refractivity contribution in [3.8, 4) is 0 Å². The molecule has 0 unspecified atom stereocenters. The lowest BCUT2D eigenvalue weighted by Gasteiger charge is -2.51. The fourth-order valence-corrected chi connectivity index (χ4v) is 3.84. The van der Waals surface area contributed by atoms with Crippen LogP contribution in [0.2, 0.25) is 0 Å². The number of alkyl halides is 2. The molecule has 0 bridgehead atoms. The van der Waals surface area contributed by atoms with Crippen molar-refractivity contribution in [3.63, 3.8) is 0 Å². The molecule has 1 aliphatic rings. The summed E-state index contributed by atoms with van der Waals surface area (Å²) in [5, 5.41) is 11.5. The number of hydrogen-bond acceptors (Lipinski definition) is 8. The van der Waals surface area contributed by atoms with Crippen LogP contribution in [-0.2, 0) is 33.2 Å². The van der Waals surface area contributed by atoms with E-state index >= 15 is 8.78 Å². The summed E-state index contributed by atoms with van der Waals surface area (Å²) in [7, 11) is 0. The van der Waals surface area contributed by atoms with Crippen LogP contribution in [0.3, 0.4) is 0 Å². The molecule has 1 heterocycles. The van der Waals surface area contributed by atoms with E-state index in [1.807, 2.05) is 27.7 Å². The quantitative estimate of drug-likeness (QED) is 0.181. The average Bonchev–Trinajstić information content (AvgIpc) is 2.85. The lowest BCUT2D eigenvalue weighted by atomic mass is 9.87. The first-order valence-corrected chi connectivity index (χ1v) is 13.6. The first-order chi connectivity index (χ1) is 17.2. The molecule has 1 saturated heterocycles. The van der Waals surface area contributed by atoms with Gasteiger partial charge in [-0.2, -0.15) is 8.78 Å². The Balaban J connectivity index is 3.47. The fourth-order valence-electron chi connectivity index (χ4n) is 3.84. The number of unbranched alkanes of at least 4 members (excludes halogenated alkanes) is 4. The second-order valence-electron chi connectivity index (χ2n) is 9.10. The van der Waals surface area contributed by atoms with Gasteiger partial charge in [-0.15, -0.1) is 0 Å². The molecule has 214 valence electrons. The number of ether oxygens (including phenoxy) is 6. The third kappa shape index (κ3) is 9.13. The number of carbonyl (C=O) groups is 1. The summed E-state index contributed by atoms with van der Waals surface area (Å²) in [5.74, 6) is -9.66. The Bertz CT molecular complexity index is 594. The Labute approximate surface area is 215 Å². The Morgan fingerprint density at radius 1 is 0.833 bits per heavy atom. The standard InChI is InChI=1S/C26H48F2O8/c1-6-11-15-31-19-20-21(33-16-12-7-2)22(34-17-13-8-3)23(35-18-14-9-4)26(30,36-20)25(27,28)24(29)32-10-5/h20-23,30H,6-19H2,1-5H3/t20-,21+,22+,23-,26-/m1/s1. The van der Waals surface area contributed by atoms with E-state index in [4.69, 9.17) is 23.7 Å². The SMILES string of the molecule is CCCCOC[C@H]1O[C@@](O)(C(F)(F)C(=O)OCC)[C@H](OCCCC)[C@@H](OCCCC)[C@H]1OCCCC. The molecular weight excluding hydrogens is 478 g/mol. The van der Waals surface area contributed by atoms with E-state index in [1.54, 1.807) is 0 Å². The van der Waals surface area contributed by atoms with Crippen molar-refractivity contribution in [2.75, 3.05) is 39.6 Å². The largest absolute Gasteiger partial charge is 0.461 e. The highest BCUT2D eigenvalue weighted by Gasteiger charge is 2.71. The van der Waals surface area contributed by atoms with Gasteiger partial charge >= 0.3 is 11.9 Å². The van der Waals surface area contributed by atoms with Gasteiger partial charge in [-0.1, -0.05) is 53.4 Å². The highest BCUT2D eigenvalue weighted by atomic mass is 19.3. The number of esters is 1. The highest BCUT2D eigenvalue weighted by Crippen LogP contribution is 2.44. The molecule has 5 atom stereocenters. The molecule has 36 heavy (non-hydrogen) atoms. The number of hydrogen-bond donors (Lipinski definition) is 1. The van der Waals surface area contributed by atoms with Crippen molar-refractivity contribution < 1.29 is 47.1 Å². The first kappa shape index (κ1) is 33.1. The molecular formula is C26H48F2O8. The van der Waals surface area contributed by atoms with E-state index in [9.17, 15) is 9.90 Å². The molecule has 0 saturated carbocycles. The van der Waals surface area contributed by atoms with Gasteiger partial charge in [0, 0.05) is 26.4 Å². The Morgan fingerprint density at radius 3 is 1.86 bits per heavy atom. The van der Waals surface area contributed by atoms with Crippen LogP contribution in [0.4, 0.5) is 8.78 Å². The molecule has 8 nitrogen and oxygen atoms in total. The zero-order valence-electron chi connectivity index (χ0n) is 22.8. The Morgan fingerprint density at radius 2 is 1.33 bits per heavy atom. The Hall–Kier alpha value is -0.910. The van der Waals surface area contributed by atoms with Crippen molar-refractivity contribution in [2.24, 2.45) is 0 Å². The molecule has 0 aliphatic carbocycles. The van der Waals surface area contributed by atoms with Crippen molar-refractivity contribution in [2.45, 2.75) is 122 Å². The van der Waals surface area contributed by atoms with Crippen LogP contribution in [0, 0.1) is 0 Å². The van der Waals surface area contributed by atoms with Crippen LogP contribution in [0.5, 0.6) is 0 Å². The maximum absolute atomic E-state index is 15.6. The van der Waals surface area contributed by atoms with E-state index in [0.717, 1.165) is 38.5 Å². The molecule has 1 aliphatic heterocycles. The third-order valence-corrected chi connectivity index (χ3v) is 6.02. The van der Waals surface area contributed by atoms with E-state index in [0.29, 0.717) is 26.1 Å². The lowest BCUT2D eigenvalue weighted by Crippen LogP contribution is -2.74. The van der Waals surface area contributed by atoms with Crippen LogP contribution in [0.25, 0.3) is 0 Å². The second kappa shape index (κ2) is 17.6. The Kier molecular flexibility index (Phi) is 16.2. The number of rotatable bonds is 20. The minimum Gasteiger partial charge on any atom is -0.461 e. The summed E-state index contributed by atoms with van der Waals surface area (Å²) in [4.78, 5) is 12.3. The third-order valence-electron chi connectivity index (χ3n) is 6.02. The number of aliphatic hydroxyl groups is 1. The molecule has 0 spiro atoms. The van der Waals surface area contributed by atoms with Crippen molar-refractivity contribution in [1.82, 2.24) is 0 Å². The number of halogens is 2. The van der Waals surface area contributed by atoms with Crippen molar-refractivity contribution in [1.29, 1.82) is 0 Å². The second-order valence-corrected chi connectivity index (χ2v) is 9.10. The molecule has 0 aromatic rings. The molecule has 0 aromatic carbocycles. The van der Waals surface area contributed by atoms with Crippen LogP contribution in [0.15, 0.2) is 0 Å². The maximum Gasteiger partial charge on any atom is 0.397 e. The van der Waals surface area contributed by atoms with E-state index in [1.165, 1.54) is 6.92 Å². The predicted molar refractivity (Wildman–Crippen MR) is 131 cm³/mol. The molecule has 10 heteroatoms. The van der Waals surface area contributed by atoms with Crippen LogP contribution < -0.4 is 0 Å². The summed E-state index contributed by atoms with van der Waals surface area (Å²) >= 11 is 0. The molecule has 0 aromatic heterocycles. The monoisotopic (exact) mass is 526 g/mol. The van der Waals surface area contributed by atoms with Crippen molar-refractivity contribution in [3.05, 3.63) is 0 Å². The number of carbonyl (C=O) groups excluding carboxylic acids is 1. The van der Waals surface area contributed by atoms with E-state index in [-0.39, 0.29) is 26.4 Å². The first-order valence-electron chi connectivity index (χ1n) is 13.6. The lowest BCUT2D eigenvalue weighted by molar-refractivity contribution is -0.415. The van der Waals surface area contributed by atoms with Gasteiger partial charge in [0.2, 0.25) is 0 Å². The molecule has 0 amide bonds. The summed E-state index contributed by atoms with van der Waals surface area (Å²) in [6, 6.07) is 0. The van der Waals surface area contributed by atoms with Gasteiger partial charge in [0.15, 0.2) is 0 Å². The minimum absolute atomic E-state index is 0.0682. The minimum atomic E-state index is -4.43. The van der Waals surface area contributed by atoms with Gasteiger partial charge in [-0.25, -0.2) is 4.79 Å². The molecule has 1 rings (SSSR count). The zero-order valence-corrected chi connectivity index (χ0v) is 22.8. The van der Waals surface area contributed by atoms with Gasteiger partial charge in [0.1, 0.15) is 24.4 Å². The van der Waals surface area contributed by atoms with Gasteiger partial charge < -0.3 is 33.5 Å². The molecule has 0 radical (unpaired) electrons. The topological polar surface area (TPSA) is 92.7 Å². The average molecular weight is 527 g/mol. The smallest absolute Gasteiger partial charge is 0.397 e. The van der Waals surface area contributed by atoms with E-state index in [2.05, 4.69) is 4.74 Å². The van der Waals surface area contributed by atoms with Gasteiger partial charge in [-0.05, 0) is 32.6 Å². The molecule has 1 fully saturated rings. The van der Waals surface area contributed by atoms with Gasteiger partial charge in [-0.3, -0.25) is 0 Å². The van der Waals surface area contributed by atoms with Crippen molar-refractivity contribution >= 4 is 5.97 Å². The summed E-state index contributed by atoms with van der Waals surface area (Å²) in [6.45, 7) is 9.98. The van der Waals surface area contributed by atoms with Gasteiger partial charge in [0.05, 0.1) is 13.2 Å². The predicted octanol–water partition coefficient (Wildman–Crippen LogP) is 4.64. The fraction of sp³-hybridized carbons (Fsp3) is 0.962. The molecule has 1 N–H and O–H groups in total. The van der Waals surface area contributed by atoms with E-state index < -0.39 is 42.1 Å². The highest BCUT2D eigenvalue weighted by molar-refractivity contribution is 5.79. The van der Waals surface area contributed by atoms with Crippen LogP contribution in [0.1, 0.15) is 86.0 Å². The summed E-state index contributed by atoms with van der Waals surface area (Å²) < 4.78 is 65.1. The van der Waals surface area contributed by atoms with Gasteiger partial charge in [0.25, 0.3) is 5.79 Å². The normalized spacial score (nSPS) is 26.8. The van der Waals surface area contributed by atoms with Crippen LogP contribution in [-0.4, -0.2) is 86.8 Å². The summed E-state index contributed by atoms with van der Waals surface area (Å²) in [5.41, 5.74) is 0. The van der Waals surface area contributed by atoms with Crippen LogP contribution >= 0.6 is 0 Å². The zero-order chi connectivity index (χ0) is 27.0. The summed E-state index contributed by atoms with van der Waals surface area (Å²) in [6.07, 6.45) is 1.28.